The number of carbonyl (C=O) groups excluding carboxylic acids is 2. The Bertz CT molecular complexity index is 425. The van der Waals surface area contributed by atoms with Crippen molar-refractivity contribution < 1.29 is 29.0 Å². The maximum Gasteiger partial charge on any atom is 0.411 e. The highest BCUT2D eigenvalue weighted by Gasteiger charge is 2.52. The molecule has 0 aliphatic heterocycles. The van der Waals surface area contributed by atoms with E-state index in [1.54, 1.807) is 0 Å². The van der Waals surface area contributed by atoms with E-state index in [9.17, 15) is 14.4 Å². The van der Waals surface area contributed by atoms with Gasteiger partial charge in [-0.15, -0.1) is 0 Å². The van der Waals surface area contributed by atoms with Gasteiger partial charge in [-0.25, -0.2) is 9.59 Å². The minimum absolute atomic E-state index is 0.123. The van der Waals surface area contributed by atoms with Crippen LogP contribution < -0.4 is 5.32 Å². The average molecular weight is 299 g/mol. The smallest absolute Gasteiger partial charge is 0.411 e. The van der Waals surface area contributed by atoms with Gasteiger partial charge in [0.05, 0.1) is 5.92 Å². The summed E-state index contributed by atoms with van der Waals surface area (Å²) < 4.78 is 9.97. The number of rotatable bonds is 5. The van der Waals surface area contributed by atoms with E-state index in [2.05, 4.69) is 5.32 Å². The summed E-state index contributed by atoms with van der Waals surface area (Å²) in [5.74, 6) is -1.55. The van der Waals surface area contributed by atoms with Gasteiger partial charge in [0.15, 0.2) is 0 Å². The molecule has 0 aromatic rings. The normalized spacial score (nSPS) is 22.0. The molecule has 1 unspecified atom stereocenters. The minimum Gasteiger partial charge on any atom is -0.480 e. The first kappa shape index (κ1) is 15.6. The average Bonchev–Trinajstić information content (AvgIpc) is 3.20. The van der Waals surface area contributed by atoms with Gasteiger partial charge in [-0.2, -0.15) is 0 Å². The summed E-state index contributed by atoms with van der Waals surface area (Å²) in [7, 11) is 0. The summed E-state index contributed by atoms with van der Waals surface area (Å²) in [4.78, 5) is 34.4. The number of carboxylic acid groups (broad SMARTS) is 1. The molecule has 2 saturated carbocycles. The van der Waals surface area contributed by atoms with Crippen LogP contribution in [0.5, 0.6) is 0 Å². The monoisotopic (exact) mass is 299 g/mol. The quantitative estimate of drug-likeness (QED) is 0.593. The lowest BCUT2D eigenvalue weighted by molar-refractivity contribution is -0.171. The predicted octanol–water partition coefficient (Wildman–Crippen LogP) is 1.80. The van der Waals surface area contributed by atoms with Crippen molar-refractivity contribution in [2.24, 2.45) is 5.92 Å². The summed E-state index contributed by atoms with van der Waals surface area (Å²) in [5.41, 5.74) is -1.20. The molecule has 1 amide bonds. The van der Waals surface area contributed by atoms with Gasteiger partial charge in [-0.3, -0.25) is 4.79 Å². The zero-order valence-corrected chi connectivity index (χ0v) is 12.1. The first-order chi connectivity index (χ1) is 9.93. The first-order valence-electron chi connectivity index (χ1n) is 7.36. The SMILES string of the molecule is CC(OC(=O)NC1(C(=O)O)CC1)OC(=O)C1CCCCC1. The Morgan fingerprint density at radius 2 is 1.76 bits per heavy atom. The third kappa shape index (κ3) is 4.09. The number of carbonyl (C=O) groups is 3. The van der Waals surface area contributed by atoms with Crippen molar-refractivity contribution in [2.45, 2.75) is 63.7 Å². The second-order valence-corrected chi connectivity index (χ2v) is 5.76. The molecule has 118 valence electrons. The van der Waals surface area contributed by atoms with Crippen molar-refractivity contribution in [3.63, 3.8) is 0 Å². The number of esters is 1. The first-order valence-corrected chi connectivity index (χ1v) is 7.36. The summed E-state index contributed by atoms with van der Waals surface area (Å²) in [6.45, 7) is 1.45. The molecule has 0 aromatic carbocycles. The Hall–Kier alpha value is -1.79. The lowest BCUT2D eigenvalue weighted by atomic mass is 9.89. The van der Waals surface area contributed by atoms with Crippen LogP contribution in [0.25, 0.3) is 0 Å². The molecular weight excluding hydrogens is 278 g/mol. The molecule has 2 aliphatic carbocycles. The van der Waals surface area contributed by atoms with Gasteiger partial charge >= 0.3 is 18.0 Å². The molecule has 0 saturated heterocycles. The third-order valence-corrected chi connectivity index (χ3v) is 3.99. The summed E-state index contributed by atoms with van der Waals surface area (Å²) in [6.07, 6.45) is 3.63. The van der Waals surface area contributed by atoms with Crippen molar-refractivity contribution in [3.05, 3.63) is 0 Å². The highest BCUT2D eigenvalue weighted by Crippen LogP contribution is 2.35. The van der Waals surface area contributed by atoms with Gasteiger partial charge in [0, 0.05) is 6.92 Å². The number of amides is 1. The third-order valence-electron chi connectivity index (χ3n) is 3.99. The van der Waals surface area contributed by atoms with Gasteiger partial charge in [0.2, 0.25) is 6.29 Å². The topological polar surface area (TPSA) is 102 Å². The van der Waals surface area contributed by atoms with Gasteiger partial charge in [0.1, 0.15) is 5.54 Å². The van der Waals surface area contributed by atoms with Crippen molar-refractivity contribution in [1.82, 2.24) is 5.32 Å². The van der Waals surface area contributed by atoms with E-state index in [4.69, 9.17) is 14.6 Å². The summed E-state index contributed by atoms with van der Waals surface area (Å²) in [5, 5.41) is 11.2. The number of hydrogen-bond donors (Lipinski definition) is 2. The Kier molecular flexibility index (Phi) is 4.69. The van der Waals surface area contributed by atoms with Gasteiger partial charge in [-0.1, -0.05) is 19.3 Å². The van der Waals surface area contributed by atoms with Crippen LogP contribution >= 0.6 is 0 Å². The highest BCUT2D eigenvalue weighted by molar-refractivity contribution is 5.87. The van der Waals surface area contributed by atoms with Crippen LogP contribution in [0, 0.1) is 5.92 Å². The number of alkyl carbamates (subject to hydrolysis) is 1. The van der Waals surface area contributed by atoms with E-state index in [1.165, 1.54) is 6.92 Å². The lowest BCUT2D eigenvalue weighted by Crippen LogP contribution is -2.44. The van der Waals surface area contributed by atoms with E-state index < -0.39 is 23.9 Å². The molecule has 2 N–H and O–H groups in total. The standard InChI is InChI=1S/C14H21NO6/c1-9(20-11(16)10-5-3-2-4-6-10)21-13(19)15-14(7-8-14)12(17)18/h9-10H,2-8H2,1H3,(H,15,19)(H,17,18). The van der Waals surface area contributed by atoms with Crippen LogP contribution in [0.4, 0.5) is 4.79 Å². The molecule has 0 bridgehead atoms. The molecular formula is C14H21NO6. The van der Waals surface area contributed by atoms with E-state index in [0.29, 0.717) is 12.8 Å². The zero-order chi connectivity index (χ0) is 15.5. The molecule has 0 radical (unpaired) electrons. The number of carboxylic acids is 1. The second-order valence-electron chi connectivity index (χ2n) is 5.76. The van der Waals surface area contributed by atoms with Crippen molar-refractivity contribution in [3.8, 4) is 0 Å². The summed E-state index contributed by atoms with van der Waals surface area (Å²) in [6, 6.07) is 0. The molecule has 7 heteroatoms. The maximum atomic E-state index is 11.9. The Morgan fingerprint density at radius 1 is 1.14 bits per heavy atom. The largest absolute Gasteiger partial charge is 0.480 e. The molecule has 0 heterocycles. The van der Waals surface area contributed by atoms with Crippen molar-refractivity contribution >= 4 is 18.0 Å². The highest BCUT2D eigenvalue weighted by atomic mass is 16.7. The molecule has 21 heavy (non-hydrogen) atoms. The Morgan fingerprint density at radius 3 is 2.29 bits per heavy atom. The van der Waals surface area contributed by atoms with E-state index in [0.717, 1.165) is 32.1 Å². The van der Waals surface area contributed by atoms with Crippen LogP contribution in [0.2, 0.25) is 0 Å². The fraction of sp³-hybridized carbons (Fsp3) is 0.786. The van der Waals surface area contributed by atoms with Crippen molar-refractivity contribution in [2.75, 3.05) is 0 Å². The molecule has 2 aliphatic rings. The maximum absolute atomic E-state index is 11.9. The minimum atomic E-state index is -1.20. The number of nitrogens with one attached hydrogen (secondary N) is 1. The molecule has 7 nitrogen and oxygen atoms in total. The Balaban J connectivity index is 1.73. The number of hydrogen-bond acceptors (Lipinski definition) is 5. The zero-order valence-electron chi connectivity index (χ0n) is 12.1. The predicted molar refractivity (Wildman–Crippen MR) is 71.3 cm³/mol. The van der Waals surface area contributed by atoms with Crippen LogP contribution in [0.15, 0.2) is 0 Å². The van der Waals surface area contributed by atoms with Crippen LogP contribution in [0.1, 0.15) is 51.9 Å². The van der Waals surface area contributed by atoms with Gasteiger partial charge in [-0.05, 0) is 25.7 Å². The van der Waals surface area contributed by atoms with E-state index >= 15 is 0 Å². The summed E-state index contributed by atoms with van der Waals surface area (Å²) >= 11 is 0. The fourth-order valence-electron chi connectivity index (χ4n) is 2.52. The molecule has 2 rings (SSSR count). The van der Waals surface area contributed by atoms with Crippen LogP contribution in [0.3, 0.4) is 0 Å². The fourth-order valence-corrected chi connectivity index (χ4v) is 2.52. The van der Waals surface area contributed by atoms with Gasteiger partial charge in [0.25, 0.3) is 0 Å². The molecule has 1 atom stereocenters. The number of ether oxygens (including phenoxy) is 2. The van der Waals surface area contributed by atoms with Crippen molar-refractivity contribution in [1.29, 1.82) is 0 Å². The van der Waals surface area contributed by atoms with E-state index in [1.807, 2.05) is 0 Å². The van der Waals surface area contributed by atoms with Crippen LogP contribution in [-0.4, -0.2) is 35.0 Å². The molecule has 0 spiro atoms. The molecule has 2 fully saturated rings. The van der Waals surface area contributed by atoms with E-state index in [-0.39, 0.29) is 11.9 Å². The number of aliphatic carboxylic acids is 1. The lowest BCUT2D eigenvalue weighted by Gasteiger charge is -2.22. The Labute approximate surface area is 123 Å². The molecule has 0 aromatic heterocycles. The second kappa shape index (κ2) is 6.32. The van der Waals surface area contributed by atoms with Gasteiger partial charge < -0.3 is 19.9 Å². The van der Waals surface area contributed by atoms with Crippen LogP contribution in [-0.2, 0) is 19.1 Å².